The van der Waals surface area contributed by atoms with Crippen LogP contribution in [0.25, 0.3) is 0 Å². The van der Waals surface area contributed by atoms with Crippen LogP contribution < -0.4 is 4.74 Å². The number of hydrogen-bond donors (Lipinski definition) is 1. The number of carbonyl (C=O) groups is 1. The molecule has 1 aromatic rings. The molecule has 1 amide bonds. The second-order valence-electron chi connectivity index (χ2n) is 10.5. The van der Waals surface area contributed by atoms with Crippen molar-refractivity contribution in [2.75, 3.05) is 47.4 Å². The van der Waals surface area contributed by atoms with Crippen molar-refractivity contribution < 1.29 is 23.1 Å². The maximum atomic E-state index is 13.6. The minimum Gasteiger partial charge on any atom is -0.487 e. The van der Waals surface area contributed by atoms with Crippen LogP contribution in [0.1, 0.15) is 51.5 Å². The van der Waals surface area contributed by atoms with E-state index in [1.54, 1.807) is 31.0 Å². The second-order valence-corrected chi connectivity index (χ2v) is 12.4. The van der Waals surface area contributed by atoms with Crippen LogP contribution >= 0.6 is 0 Å². The van der Waals surface area contributed by atoms with Gasteiger partial charge in [-0.15, -0.1) is 0 Å². The van der Waals surface area contributed by atoms with Crippen molar-refractivity contribution in [1.82, 2.24) is 14.1 Å². The first-order chi connectivity index (χ1) is 17.0. The van der Waals surface area contributed by atoms with Crippen LogP contribution in [0.5, 0.6) is 5.75 Å². The summed E-state index contributed by atoms with van der Waals surface area (Å²) in [6.45, 7) is 4.45. The summed E-state index contributed by atoms with van der Waals surface area (Å²) in [5.41, 5.74) is 0.658. The van der Waals surface area contributed by atoms with Crippen LogP contribution in [0.3, 0.4) is 0 Å². The van der Waals surface area contributed by atoms with Gasteiger partial charge in [0.2, 0.25) is 15.9 Å². The van der Waals surface area contributed by atoms with Gasteiger partial charge in [-0.05, 0) is 52.1 Å². The number of amides is 1. The van der Waals surface area contributed by atoms with Gasteiger partial charge in [-0.1, -0.05) is 38.0 Å². The number of hydrogen-bond acceptors (Lipinski definition) is 6. The summed E-state index contributed by atoms with van der Waals surface area (Å²) in [6, 6.07) is 4.30. The quantitative estimate of drug-likeness (QED) is 0.581. The Morgan fingerprint density at radius 3 is 2.56 bits per heavy atom. The number of sulfonamides is 1. The number of benzene rings is 1. The van der Waals surface area contributed by atoms with Crippen LogP contribution in [0.4, 0.5) is 0 Å². The van der Waals surface area contributed by atoms with Gasteiger partial charge >= 0.3 is 0 Å². The Morgan fingerprint density at radius 2 is 1.92 bits per heavy atom. The SMILES string of the molecule is C[C@H]1CN([C@@H](C)CO)S(=O)(=O)c2ccc(C#CCN(C)C)cc2O[C@H]1CN(C)C(=O)C1CCCCC1. The van der Waals surface area contributed by atoms with E-state index in [2.05, 4.69) is 11.8 Å². The molecule has 8 nitrogen and oxygen atoms in total. The zero-order valence-corrected chi connectivity index (χ0v) is 23.1. The highest BCUT2D eigenvalue weighted by atomic mass is 32.2. The van der Waals surface area contributed by atoms with Crippen molar-refractivity contribution in [3.8, 4) is 17.6 Å². The van der Waals surface area contributed by atoms with Crippen LogP contribution in [0, 0.1) is 23.7 Å². The molecular weight excluding hydrogens is 478 g/mol. The standard InChI is InChI=1S/C27H41N3O5S/c1-20-17-30(21(2)19-31)36(33,34)26-14-13-22(10-9-15-28(3)4)16-24(26)35-25(20)18-29(5)27(32)23-11-7-6-8-12-23/h13-14,16,20-21,23,25,31H,6-8,11-12,15,17-19H2,1-5H3/t20-,21-,25-/m0/s1. The Hall–Kier alpha value is -2.12. The summed E-state index contributed by atoms with van der Waals surface area (Å²) in [7, 11) is 1.75. The lowest BCUT2D eigenvalue weighted by molar-refractivity contribution is -0.136. The molecule has 1 aliphatic carbocycles. The van der Waals surface area contributed by atoms with Crippen LogP contribution in [-0.4, -0.2) is 93.1 Å². The molecular formula is C27H41N3O5S. The molecule has 0 bridgehead atoms. The minimum atomic E-state index is -3.91. The average Bonchev–Trinajstić information content (AvgIpc) is 2.85. The van der Waals surface area contributed by atoms with Crippen LogP contribution in [0.2, 0.25) is 0 Å². The van der Waals surface area contributed by atoms with Gasteiger partial charge in [-0.3, -0.25) is 9.69 Å². The molecule has 36 heavy (non-hydrogen) atoms. The maximum absolute atomic E-state index is 13.6. The lowest BCUT2D eigenvalue weighted by Gasteiger charge is -2.38. The monoisotopic (exact) mass is 519 g/mol. The van der Waals surface area contributed by atoms with Crippen LogP contribution in [-0.2, 0) is 14.8 Å². The van der Waals surface area contributed by atoms with Crippen molar-refractivity contribution in [3.05, 3.63) is 23.8 Å². The Kier molecular flexibility index (Phi) is 9.81. The van der Waals surface area contributed by atoms with Crippen molar-refractivity contribution in [2.24, 2.45) is 11.8 Å². The van der Waals surface area contributed by atoms with E-state index in [-0.39, 0.29) is 41.5 Å². The molecule has 1 saturated carbocycles. The van der Waals surface area contributed by atoms with E-state index in [1.165, 1.54) is 16.8 Å². The smallest absolute Gasteiger partial charge is 0.247 e. The number of nitrogens with zero attached hydrogens (tertiary/aromatic N) is 3. The van der Waals surface area contributed by atoms with E-state index < -0.39 is 22.2 Å². The Labute approximate surface area is 216 Å². The lowest BCUT2D eigenvalue weighted by atomic mass is 9.88. The van der Waals surface area contributed by atoms with Gasteiger partial charge < -0.3 is 14.7 Å². The topological polar surface area (TPSA) is 90.4 Å². The number of aliphatic hydroxyl groups excluding tert-OH is 1. The summed E-state index contributed by atoms with van der Waals surface area (Å²) in [5, 5.41) is 9.82. The summed E-state index contributed by atoms with van der Waals surface area (Å²) < 4.78 is 35.0. The predicted octanol–water partition coefficient (Wildman–Crippen LogP) is 2.41. The molecule has 3 atom stereocenters. The highest BCUT2D eigenvalue weighted by Gasteiger charge is 2.38. The van der Waals surface area contributed by atoms with E-state index in [0.717, 1.165) is 25.7 Å². The first-order valence-electron chi connectivity index (χ1n) is 12.9. The maximum Gasteiger partial charge on any atom is 0.247 e. The summed E-state index contributed by atoms with van der Waals surface area (Å²) in [5.74, 6) is 6.34. The first-order valence-corrected chi connectivity index (χ1v) is 14.3. The molecule has 1 N–H and O–H groups in total. The fraction of sp³-hybridized carbons (Fsp3) is 0.667. The zero-order chi connectivity index (χ0) is 26.5. The first kappa shape index (κ1) is 28.5. The van der Waals surface area contributed by atoms with E-state index in [0.29, 0.717) is 18.7 Å². The predicted molar refractivity (Wildman–Crippen MR) is 140 cm³/mol. The van der Waals surface area contributed by atoms with Gasteiger partial charge in [0.15, 0.2) is 0 Å². The fourth-order valence-corrected chi connectivity index (χ4v) is 6.67. The van der Waals surface area contributed by atoms with Crippen molar-refractivity contribution in [3.63, 3.8) is 0 Å². The van der Waals surface area contributed by atoms with E-state index in [1.807, 2.05) is 25.9 Å². The Balaban J connectivity index is 1.96. The van der Waals surface area contributed by atoms with Crippen molar-refractivity contribution >= 4 is 15.9 Å². The van der Waals surface area contributed by atoms with Gasteiger partial charge in [0.1, 0.15) is 16.7 Å². The van der Waals surface area contributed by atoms with Gasteiger partial charge in [-0.2, -0.15) is 4.31 Å². The number of rotatable bonds is 6. The molecule has 9 heteroatoms. The summed E-state index contributed by atoms with van der Waals surface area (Å²) >= 11 is 0. The molecule has 0 radical (unpaired) electrons. The Morgan fingerprint density at radius 1 is 1.22 bits per heavy atom. The molecule has 0 unspecified atom stereocenters. The van der Waals surface area contributed by atoms with Gasteiger partial charge in [0.05, 0.1) is 19.7 Å². The average molecular weight is 520 g/mol. The zero-order valence-electron chi connectivity index (χ0n) is 22.2. The number of ether oxygens (including phenoxy) is 1. The molecule has 200 valence electrons. The van der Waals surface area contributed by atoms with E-state index >= 15 is 0 Å². The molecule has 1 heterocycles. The normalized spacial score (nSPS) is 23.4. The lowest BCUT2D eigenvalue weighted by Crippen LogP contribution is -2.50. The molecule has 1 aliphatic heterocycles. The number of fused-ring (bicyclic) bond motifs is 1. The minimum absolute atomic E-state index is 0.0461. The number of carbonyl (C=O) groups excluding carboxylic acids is 1. The largest absolute Gasteiger partial charge is 0.487 e. The Bertz CT molecular complexity index is 1070. The fourth-order valence-electron chi connectivity index (χ4n) is 4.84. The highest BCUT2D eigenvalue weighted by Crippen LogP contribution is 2.34. The molecule has 0 aromatic heterocycles. The molecule has 1 fully saturated rings. The molecule has 0 saturated heterocycles. The summed E-state index contributed by atoms with van der Waals surface area (Å²) in [6.07, 6.45) is 4.76. The van der Waals surface area contributed by atoms with Crippen molar-refractivity contribution in [1.29, 1.82) is 0 Å². The third-order valence-electron chi connectivity index (χ3n) is 7.08. The van der Waals surface area contributed by atoms with E-state index in [9.17, 15) is 18.3 Å². The third-order valence-corrected chi connectivity index (χ3v) is 9.10. The number of likely N-dealkylation sites (N-methyl/N-ethyl adjacent to an activating group) is 1. The molecule has 3 rings (SSSR count). The molecule has 2 aliphatic rings. The van der Waals surface area contributed by atoms with Crippen LogP contribution in [0.15, 0.2) is 23.1 Å². The highest BCUT2D eigenvalue weighted by molar-refractivity contribution is 7.89. The van der Waals surface area contributed by atoms with E-state index in [4.69, 9.17) is 4.74 Å². The van der Waals surface area contributed by atoms with Gasteiger partial charge in [0, 0.05) is 37.0 Å². The number of aliphatic hydroxyl groups is 1. The molecule has 0 spiro atoms. The molecule has 1 aromatic carbocycles. The van der Waals surface area contributed by atoms with Gasteiger partial charge in [-0.25, -0.2) is 8.42 Å². The van der Waals surface area contributed by atoms with Gasteiger partial charge in [0.25, 0.3) is 0 Å². The summed E-state index contributed by atoms with van der Waals surface area (Å²) in [4.78, 5) is 16.9. The van der Waals surface area contributed by atoms with Crippen molar-refractivity contribution in [2.45, 2.75) is 63.0 Å². The third kappa shape index (κ3) is 6.80. The second kappa shape index (κ2) is 12.4.